The second-order valence-corrected chi connectivity index (χ2v) is 9.59. The molecule has 0 N–H and O–H groups in total. The molecule has 2 aliphatic rings. The van der Waals surface area contributed by atoms with Crippen molar-refractivity contribution in [3.05, 3.63) is 33.8 Å². The van der Waals surface area contributed by atoms with Gasteiger partial charge >= 0.3 is 5.69 Å². The van der Waals surface area contributed by atoms with Crippen LogP contribution in [0.2, 0.25) is 0 Å². The number of sulfonamides is 1. The van der Waals surface area contributed by atoms with Gasteiger partial charge in [-0.3, -0.25) is 4.57 Å². The van der Waals surface area contributed by atoms with Crippen molar-refractivity contribution in [2.45, 2.75) is 41.9 Å². The summed E-state index contributed by atoms with van der Waals surface area (Å²) in [6.45, 7) is 0.882. The number of aromatic nitrogens is 3. The highest BCUT2D eigenvalue weighted by Gasteiger charge is 2.36. The second-order valence-electron chi connectivity index (χ2n) is 6.48. The summed E-state index contributed by atoms with van der Waals surface area (Å²) >= 11 is 1.24. The minimum absolute atomic E-state index is 0.0385. The predicted molar refractivity (Wildman–Crippen MR) is 90.8 cm³/mol. The first-order chi connectivity index (χ1) is 11.5. The van der Waals surface area contributed by atoms with E-state index < -0.39 is 10.0 Å². The highest BCUT2D eigenvalue weighted by Crippen LogP contribution is 2.40. The number of rotatable bonds is 4. The summed E-state index contributed by atoms with van der Waals surface area (Å²) in [7, 11) is -1.72. The van der Waals surface area contributed by atoms with Gasteiger partial charge in [0.1, 0.15) is 10.0 Å². The van der Waals surface area contributed by atoms with Gasteiger partial charge in [-0.25, -0.2) is 17.9 Å². The van der Waals surface area contributed by atoms with Crippen molar-refractivity contribution in [3.8, 4) is 0 Å². The molecule has 2 aromatic rings. The van der Waals surface area contributed by atoms with Crippen LogP contribution < -0.4 is 5.69 Å². The normalized spacial score (nSPS) is 20.5. The lowest BCUT2D eigenvalue weighted by Gasteiger charge is -2.31. The van der Waals surface area contributed by atoms with E-state index in [-0.39, 0.29) is 11.7 Å². The molecule has 0 unspecified atom stereocenters. The van der Waals surface area contributed by atoms with Gasteiger partial charge in [-0.15, -0.1) is 11.3 Å². The highest BCUT2D eigenvalue weighted by atomic mass is 32.2. The van der Waals surface area contributed by atoms with Crippen molar-refractivity contribution < 1.29 is 8.42 Å². The average molecular weight is 368 g/mol. The van der Waals surface area contributed by atoms with E-state index in [4.69, 9.17) is 0 Å². The van der Waals surface area contributed by atoms with E-state index >= 15 is 0 Å². The Hall–Kier alpha value is -1.45. The van der Waals surface area contributed by atoms with Crippen LogP contribution in [0.4, 0.5) is 0 Å². The Balaban J connectivity index is 1.54. The fourth-order valence-corrected chi connectivity index (χ4v) is 5.95. The van der Waals surface area contributed by atoms with Crippen molar-refractivity contribution in [1.82, 2.24) is 18.7 Å². The van der Waals surface area contributed by atoms with Crippen molar-refractivity contribution in [2.24, 2.45) is 7.05 Å². The van der Waals surface area contributed by atoms with Gasteiger partial charge < -0.3 is 0 Å². The Morgan fingerprint density at radius 3 is 2.50 bits per heavy atom. The molecule has 7 nitrogen and oxygen atoms in total. The number of aryl methyl sites for hydroxylation is 1. The summed E-state index contributed by atoms with van der Waals surface area (Å²) in [4.78, 5) is 12.4. The zero-order chi connectivity index (χ0) is 16.9. The Kier molecular flexibility index (Phi) is 3.89. The SMILES string of the molecule is Cn1nc(C2CC2)n(C2CCN(S(=O)(=O)c3cccs3)CC2)c1=O. The number of nitrogens with zero attached hydrogens (tertiary/aromatic N) is 4. The molecule has 2 fully saturated rings. The molecule has 4 rings (SSSR count). The summed E-state index contributed by atoms with van der Waals surface area (Å²) in [5.74, 6) is 1.27. The Bertz CT molecular complexity index is 886. The molecular weight excluding hydrogens is 348 g/mol. The molecule has 0 amide bonds. The van der Waals surface area contributed by atoms with Crippen LogP contribution in [0.15, 0.2) is 26.5 Å². The predicted octanol–water partition coefficient (Wildman–Crippen LogP) is 1.55. The molecule has 130 valence electrons. The van der Waals surface area contributed by atoms with Gasteiger partial charge in [-0.2, -0.15) is 9.40 Å². The lowest BCUT2D eigenvalue weighted by molar-refractivity contribution is 0.266. The third-order valence-corrected chi connectivity index (χ3v) is 8.07. The molecular formula is C15H20N4O3S2. The molecule has 24 heavy (non-hydrogen) atoms. The zero-order valence-corrected chi connectivity index (χ0v) is 15.1. The standard InChI is InChI=1S/C15H20N4O3S2/c1-17-15(20)19(14(16-17)11-4-5-11)12-6-8-18(9-7-12)24(21,22)13-3-2-10-23-13/h2-3,10-12H,4-9H2,1H3. The average Bonchev–Trinajstić information content (AvgIpc) is 3.17. The third kappa shape index (κ3) is 2.64. The Morgan fingerprint density at radius 2 is 1.92 bits per heavy atom. The van der Waals surface area contributed by atoms with Crippen LogP contribution in [0.1, 0.15) is 43.5 Å². The molecule has 0 atom stereocenters. The molecule has 0 bridgehead atoms. The summed E-state index contributed by atoms with van der Waals surface area (Å²) in [6.07, 6.45) is 3.47. The fraction of sp³-hybridized carbons (Fsp3) is 0.600. The fourth-order valence-electron chi connectivity index (χ4n) is 3.34. The third-order valence-electron chi connectivity index (χ3n) is 4.80. The molecule has 9 heteroatoms. The van der Waals surface area contributed by atoms with Gasteiger partial charge in [0, 0.05) is 32.1 Å². The molecule has 1 aliphatic carbocycles. The lowest BCUT2D eigenvalue weighted by Crippen LogP contribution is -2.41. The van der Waals surface area contributed by atoms with Gasteiger partial charge in [-0.1, -0.05) is 6.07 Å². The number of piperidine rings is 1. The van der Waals surface area contributed by atoms with Crippen molar-refractivity contribution in [1.29, 1.82) is 0 Å². The molecule has 1 saturated heterocycles. The van der Waals surface area contributed by atoms with Crippen LogP contribution >= 0.6 is 11.3 Å². The van der Waals surface area contributed by atoms with E-state index in [1.807, 2.05) is 4.57 Å². The number of hydrogen-bond donors (Lipinski definition) is 0. The smallest absolute Gasteiger partial charge is 0.275 e. The number of hydrogen-bond acceptors (Lipinski definition) is 5. The molecule has 3 heterocycles. The van der Waals surface area contributed by atoms with E-state index in [0.717, 1.165) is 18.7 Å². The van der Waals surface area contributed by atoms with E-state index in [1.165, 1.54) is 20.3 Å². The van der Waals surface area contributed by atoms with Crippen LogP contribution in [0, 0.1) is 0 Å². The molecule has 1 saturated carbocycles. The highest BCUT2D eigenvalue weighted by molar-refractivity contribution is 7.91. The molecule has 0 spiro atoms. The van der Waals surface area contributed by atoms with Gasteiger partial charge in [0.05, 0.1) is 0 Å². The van der Waals surface area contributed by atoms with Crippen LogP contribution in [-0.4, -0.2) is 40.2 Å². The first-order valence-corrected chi connectivity index (χ1v) is 10.5. The molecule has 1 aliphatic heterocycles. The summed E-state index contributed by atoms with van der Waals surface area (Å²) < 4.78 is 30.3. The van der Waals surface area contributed by atoms with Crippen LogP contribution in [0.5, 0.6) is 0 Å². The maximum Gasteiger partial charge on any atom is 0.345 e. The minimum Gasteiger partial charge on any atom is -0.275 e. The van der Waals surface area contributed by atoms with Crippen molar-refractivity contribution in [3.63, 3.8) is 0 Å². The summed E-state index contributed by atoms with van der Waals surface area (Å²) in [5, 5.41) is 6.17. The van der Waals surface area contributed by atoms with E-state index in [1.54, 1.807) is 24.6 Å². The first-order valence-electron chi connectivity index (χ1n) is 8.17. The zero-order valence-electron chi connectivity index (χ0n) is 13.5. The summed E-state index contributed by atoms with van der Waals surface area (Å²) in [5.41, 5.74) is -0.0866. The monoisotopic (exact) mass is 368 g/mol. The number of thiophene rings is 1. The van der Waals surface area contributed by atoms with Crippen molar-refractivity contribution in [2.75, 3.05) is 13.1 Å². The van der Waals surface area contributed by atoms with Gasteiger partial charge in [-0.05, 0) is 37.1 Å². The molecule has 2 aromatic heterocycles. The van der Waals surface area contributed by atoms with Crippen LogP contribution in [-0.2, 0) is 17.1 Å². The van der Waals surface area contributed by atoms with Crippen molar-refractivity contribution >= 4 is 21.4 Å². The van der Waals surface area contributed by atoms with Gasteiger partial charge in [0.25, 0.3) is 10.0 Å². The first kappa shape index (κ1) is 16.0. The van der Waals surface area contributed by atoms with Gasteiger partial charge in [0.2, 0.25) is 0 Å². The topological polar surface area (TPSA) is 77.2 Å². The largest absolute Gasteiger partial charge is 0.345 e. The lowest BCUT2D eigenvalue weighted by atomic mass is 10.1. The van der Waals surface area contributed by atoms with Crippen LogP contribution in [0.25, 0.3) is 0 Å². The summed E-state index contributed by atoms with van der Waals surface area (Å²) in [6, 6.07) is 3.43. The quantitative estimate of drug-likeness (QED) is 0.820. The maximum absolute atomic E-state index is 12.6. The van der Waals surface area contributed by atoms with E-state index in [2.05, 4.69) is 5.10 Å². The molecule has 0 radical (unpaired) electrons. The minimum atomic E-state index is -3.40. The Morgan fingerprint density at radius 1 is 1.21 bits per heavy atom. The van der Waals surface area contributed by atoms with E-state index in [9.17, 15) is 13.2 Å². The Labute approximate surface area is 144 Å². The van der Waals surface area contributed by atoms with Crippen LogP contribution in [0.3, 0.4) is 0 Å². The maximum atomic E-state index is 12.6. The second kappa shape index (κ2) is 5.82. The molecule has 0 aromatic carbocycles. The van der Waals surface area contributed by atoms with E-state index in [0.29, 0.717) is 36.1 Å². The van der Waals surface area contributed by atoms with Gasteiger partial charge in [0.15, 0.2) is 0 Å².